The van der Waals surface area contributed by atoms with E-state index in [9.17, 15) is 14.7 Å². The molecule has 2 N–H and O–H groups in total. The molecule has 13 heteroatoms. The van der Waals surface area contributed by atoms with E-state index in [1.165, 1.54) is 0 Å². The molecule has 0 amide bonds. The first kappa shape index (κ1) is 45.6. The normalized spacial score (nSPS) is 15.7. The number of carboxylic acid groups (broad SMARTS) is 2. The topological polar surface area (TPSA) is 158 Å². The lowest BCUT2D eigenvalue weighted by Gasteiger charge is -2.58. The summed E-state index contributed by atoms with van der Waals surface area (Å²) in [5.74, 6) is -8.76. The highest BCUT2D eigenvalue weighted by atomic mass is 16.9. The fourth-order valence-electron chi connectivity index (χ4n) is 5.89. The van der Waals surface area contributed by atoms with Crippen molar-refractivity contribution in [3.8, 4) is 0 Å². The van der Waals surface area contributed by atoms with Gasteiger partial charge in [-0.05, 0) is 74.1 Å². The predicted octanol–water partition coefficient (Wildman–Crippen LogP) is 6.35. The van der Waals surface area contributed by atoms with E-state index in [1.54, 1.807) is 48.5 Å². The molecule has 0 spiro atoms. The summed E-state index contributed by atoms with van der Waals surface area (Å²) in [5.41, 5.74) is -2.22. The highest BCUT2D eigenvalue weighted by molar-refractivity contribution is 5.77. The molecule has 0 heterocycles. The van der Waals surface area contributed by atoms with Crippen molar-refractivity contribution in [3.05, 3.63) is 0 Å². The molecular formula is C34H66O13. The fraction of sp³-hybridized carbons (Fsp3) is 0.941. The van der Waals surface area contributed by atoms with Gasteiger partial charge in [-0.15, -0.1) is 0 Å². The number of carboxylic acids is 2. The van der Waals surface area contributed by atoms with Gasteiger partial charge in [0, 0.05) is 59.3 Å². The molecule has 3 atom stereocenters. The van der Waals surface area contributed by atoms with Gasteiger partial charge in [0.05, 0.1) is 6.61 Å². The number of aliphatic carboxylic acids is 2. The van der Waals surface area contributed by atoms with Crippen molar-refractivity contribution < 1.29 is 62.4 Å². The summed E-state index contributed by atoms with van der Waals surface area (Å²) in [5, 5.41) is 20.9. The summed E-state index contributed by atoms with van der Waals surface area (Å²) in [6.45, 7) is 16.8. The van der Waals surface area contributed by atoms with Gasteiger partial charge in [-0.2, -0.15) is 0 Å². The molecule has 0 aliphatic rings. The van der Waals surface area contributed by atoms with Gasteiger partial charge in [0.15, 0.2) is 11.5 Å². The van der Waals surface area contributed by atoms with E-state index in [-0.39, 0.29) is 72.3 Å². The van der Waals surface area contributed by atoms with Crippen LogP contribution in [0.25, 0.3) is 0 Å². The van der Waals surface area contributed by atoms with Gasteiger partial charge < -0.3 is 52.8 Å². The third kappa shape index (κ3) is 11.9. The lowest BCUT2D eigenvalue weighted by molar-refractivity contribution is -0.533. The Morgan fingerprint density at radius 3 is 1.45 bits per heavy atom. The molecule has 0 aromatic rings. The minimum absolute atomic E-state index is 0.0135. The maximum absolute atomic E-state index is 14.5. The molecule has 13 nitrogen and oxygen atoms in total. The lowest BCUT2D eigenvalue weighted by atomic mass is 9.67. The van der Waals surface area contributed by atoms with Crippen LogP contribution in [0.5, 0.6) is 0 Å². The molecular weight excluding hydrogens is 616 g/mol. The summed E-state index contributed by atoms with van der Waals surface area (Å²) < 4.78 is 57.7. The van der Waals surface area contributed by atoms with E-state index in [1.807, 2.05) is 13.8 Å². The SMILES string of the molecule is CCCCOC(OCC)(C(OCC)(OCC)OCC)C(CCCCCCC(=O)O)(C(=O)O)C(OCCC)C(OCC)(OCC)OCC. The van der Waals surface area contributed by atoms with Crippen LogP contribution in [0.15, 0.2) is 0 Å². The average Bonchev–Trinajstić information content (AvgIpc) is 3.01. The van der Waals surface area contributed by atoms with Crippen LogP contribution in [0.1, 0.15) is 120 Å². The molecule has 280 valence electrons. The molecule has 0 aliphatic heterocycles. The third-order valence-corrected chi connectivity index (χ3v) is 7.53. The molecule has 0 bridgehead atoms. The van der Waals surface area contributed by atoms with Gasteiger partial charge in [0.2, 0.25) is 0 Å². The first-order valence-corrected chi connectivity index (χ1v) is 17.7. The fourth-order valence-corrected chi connectivity index (χ4v) is 5.89. The molecule has 0 aromatic heterocycles. The zero-order valence-corrected chi connectivity index (χ0v) is 30.7. The van der Waals surface area contributed by atoms with E-state index in [0.717, 1.165) is 6.42 Å². The van der Waals surface area contributed by atoms with Gasteiger partial charge in [-0.1, -0.05) is 39.5 Å². The summed E-state index contributed by atoms with van der Waals surface area (Å²) in [7, 11) is 0. The average molecular weight is 683 g/mol. The number of rotatable bonds is 33. The molecule has 47 heavy (non-hydrogen) atoms. The van der Waals surface area contributed by atoms with Crippen molar-refractivity contribution in [2.24, 2.45) is 5.41 Å². The van der Waals surface area contributed by atoms with Crippen molar-refractivity contribution in [1.29, 1.82) is 0 Å². The first-order valence-electron chi connectivity index (χ1n) is 17.7. The van der Waals surface area contributed by atoms with E-state index < -0.39 is 41.2 Å². The largest absolute Gasteiger partial charge is 0.481 e. The Morgan fingerprint density at radius 1 is 0.553 bits per heavy atom. The Hall–Kier alpha value is -1.42. The Bertz CT molecular complexity index is 792. The van der Waals surface area contributed by atoms with Crippen molar-refractivity contribution >= 4 is 11.9 Å². The summed E-state index contributed by atoms with van der Waals surface area (Å²) in [6.07, 6.45) is 2.05. The van der Waals surface area contributed by atoms with E-state index >= 15 is 0 Å². The van der Waals surface area contributed by atoms with Crippen LogP contribution in [0.4, 0.5) is 0 Å². The molecule has 0 radical (unpaired) electrons. The molecule has 0 rings (SSSR count). The van der Waals surface area contributed by atoms with Crippen molar-refractivity contribution in [2.45, 2.75) is 144 Å². The molecule has 0 aliphatic carbocycles. The van der Waals surface area contributed by atoms with E-state index in [0.29, 0.717) is 38.5 Å². The minimum Gasteiger partial charge on any atom is -0.481 e. The van der Waals surface area contributed by atoms with E-state index in [4.69, 9.17) is 47.7 Å². The standard InChI is InChI=1S/C34H66O13/c1-10-19-27-47-33(43-15-6,34(44-16-7,45-17-8)46-18-9)31(30(37)38,25-23-21-20-22-24-28(35)36)29(39-26-11-2)32(40-12-3,41-13-4)42-14-5/h29H,10-27H2,1-9H3,(H,35,36)(H,37,38). The van der Waals surface area contributed by atoms with Crippen LogP contribution in [0.2, 0.25) is 0 Å². The van der Waals surface area contributed by atoms with Crippen LogP contribution in [-0.2, 0) is 52.2 Å². The second kappa shape index (κ2) is 24.7. The summed E-state index contributed by atoms with van der Waals surface area (Å²) in [4.78, 5) is 25.6. The number of unbranched alkanes of at least 4 members (excludes halogenated alkanes) is 4. The zero-order valence-electron chi connectivity index (χ0n) is 30.7. The maximum atomic E-state index is 14.5. The van der Waals surface area contributed by atoms with Gasteiger partial charge in [-0.25, -0.2) is 0 Å². The Morgan fingerprint density at radius 2 is 1.04 bits per heavy atom. The Balaban J connectivity index is 8.35. The Labute approximate surface area is 283 Å². The van der Waals surface area contributed by atoms with Crippen molar-refractivity contribution in [1.82, 2.24) is 0 Å². The number of hydrogen-bond donors (Lipinski definition) is 2. The van der Waals surface area contributed by atoms with E-state index in [2.05, 4.69) is 0 Å². The van der Waals surface area contributed by atoms with Crippen LogP contribution >= 0.6 is 0 Å². The second-order valence-electron chi connectivity index (χ2n) is 10.8. The number of hydrogen-bond acceptors (Lipinski definition) is 11. The first-order chi connectivity index (χ1) is 22.5. The smallest absolute Gasteiger partial charge is 0.342 e. The zero-order chi connectivity index (χ0) is 35.8. The third-order valence-electron chi connectivity index (χ3n) is 7.53. The van der Waals surface area contributed by atoms with Crippen molar-refractivity contribution in [2.75, 3.05) is 59.5 Å². The molecule has 0 saturated carbocycles. The van der Waals surface area contributed by atoms with Gasteiger partial charge in [0.25, 0.3) is 5.79 Å². The second-order valence-corrected chi connectivity index (χ2v) is 10.8. The monoisotopic (exact) mass is 682 g/mol. The molecule has 0 saturated heterocycles. The number of carbonyl (C=O) groups is 2. The highest BCUT2D eigenvalue weighted by Gasteiger charge is 2.79. The van der Waals surface area contributed by atoms with Crippen LogP contribution in [0.3, 0.4) is 0 Å². The highest BCUT2D eigenvalue weighted by Crippen LogP contribution is 2.56. The van der Waals surface area contributed by atoms with Gasteiger partial charge >= 0.3 is 23.9 Å². The minimum atomic E-state index is -2.31. The maximum Gasteiger partial charge on any atom is 0.342 e. The van der Waals surface area contributed by atoms with Crippen molar-refractivity contribution in [3.63, 3.8) is 0 Å². The lowest BCUT2D eigenvalue weighted by Crippen LogP contribution is -2.78. The summed E-state index contributed by atoms with van der Waals surface area (Å²) >= 11 is 0. The molecule has 0 fully saturated rings. The molecule has 0 aromatic carbocycles. The molecule has 3 unspecified atom stereocenters. The Kier molecular flexibility index (Phi) is 23.9. The van der Waals surface area contributed by atoms with Gasteiger partial charge in [-0.3, -0.25) is 9.59 Å². The predicted molar refractivity (Wildman–Crippen MR) is 176 cm³/mol. The van der Waals surface area contributed by atoms with Gasteiger partial charge in [0.1, 0.15) is 0 Å². The van der Waals surface area contributed by atoms with Crippen LogP contribution in [0, 0.1) is 5.41 Å². The quantitative estimate of drug-likeness (QED) is 0.0583. The van der Waals surface area contributed by atoms with Crippen LogP contribution < -0.4 is 0 Å². The number of ether oxygens (including phenoxy) is 9. The summed E-state index contributed by atoms with van der Waals surface area (Å²) in [6, 6.07) is 0. The van der Waals surface area contributed by atoms with Crippen LogP contribution in [-0.4, -0.2) is 105 Å².